The topological polar surface area (TPSA) is 53.6 Å². The van der Waals surface area contributed by atoms with Crippen molar-refractivity contribution in [1.82, 2.24) is 10.2 Å². The van der Waals surface area contributed by atoms with E-state index < -0.39 is 0 Å². The second-order valence-electron chi connectivity index (χ2n) is 7.09. The van der Waals surface area contributed by atoms with Crippen LogP contribution in [-0.2, 0) is 0 Å². The maximum Gasteiger partial charge on any atom is 0.318 e. The second-order valence-corrected chi connectivity index (χ2v) is 7.90. The van der Waals surface area contributed by atoms with Crippen LogP contribution >= 0.6 is 23.2 Å². The predicted octanol–water partition coefficient (Wildman–Crippen LogP) is 4.92. The molecule has 2 aromatic rings. The quantitative estimate of drug-likeness (QED) is 0.675. The number of ether oxygens (including phenoxy) is 1. The normalized spacial score (nSPS) is 17.9. The average Bonchev–Trinajstić information content (AvgIpc) is 2.76. The fraction of sp³-hybridized carbons (Fsp3) is 0.318. The first-order valence-electron chi connectivity index (χ1n) is 9.62. The summed E-state index contributed by atoms with van der Waals surface area (Å²) in [4.78, 5) is 14.8. The van der Waals surface area contributed by atoms with Gasteiger partial charge in [-0.05, 0) is 53.5 Å². The number of benzene rings is 2. The van der Waals surface area contributed by atoms with Crippen LogP contribution in [0.25, 0.3) is 5.57 Å². The molecule has 2 heterocycles. The van der Waals surface area contributed by atoms with Crippen LogP contribution in [0, 0.1) is 0 Å². The van der Waals surface area contributed by atoms with Gasteiger partial charge in [-0.15, -0.1) is 11.6 Å². The number of fused-ring (bicyclic) bond motifs is 2. The molecule has 2 aliphatic heterocycles. The smallest absolute Gasteiger partial charge is 0.318 e. The van der Waals surface area contributed by atoms with Crippen molar-refractivity contribution < 1.29 is 9.53 Å². The fourth-order valence-electron chi connectivity index (χ4n) is 4.14. The van der Waals surface area contributed by atoms with Gasteiger partial charge in [-0.2, -0.15) is 0 Å². The second kappa shape index (κ2) is 8.56. The maximum absolute atomic E-state index is 12.9. The van der Waals surface area contributed by atoms with Crippen LogP contribution in [0.2, 0.25) is 5.02 Å². The van der Waals surface area contributed by atoms with Gasteiger partial charge in [0.25, 0.3) is 0 Å². The molecular weight excluding hydrogens is 409 g/mol. The van der Waals surface area contributed by atoms with Gasteiger partial charge in [-0.3, -0.25) is 0 Å². The minimum atomic E-state index is -0.167. The molecule has 7 heteroatoms. The number of anilines is 1. The van der Waals surface area contributed by atoms with Crippen LogP contribution in [0.15, 0.2) is 48.0 Å². The molecule has 0 radical (unpaired) electrons. The molecule has 5 nitrogen and oxygen atoms in total. The number of methoxy groups -OCH3 is 1. The highest BCUT2D eigenvalue weighted by Crippen LogP contribution is 2.45. The van der Waals surface area contributed by atoms with Gasteiger partial charge >= 0.3 is 6.03 Å². The molecule has 0 bridgehead atoms. The first-order valence-corrected chi connectivity index (χ1v) is 10.5. The van der Waals surface area contributed by atoms with E-state index >= 15 is 0 Å². The summed E-state index contributed by atoms with van der Waals surface area (Å²) < 4.78 is 5.30. The molecule has 0 saturated carbocycles. The number of nitrogens with zero attached hydrogens (tertiary/aromatic N) is 1. The zero-order valence-electron chi connectivity index (χ0n) is 16.2. The van der Waals surface area contributed by atoms with Crippen LogP contribution in [0.3, 0.4) is 0 Å². The highest BCUT2D eigenvalue weighted by atomic mass is 35.5. The average molecular weight is 432 g/mol. The molecule has 0 fully saturated rings. The molecule has 0 saturated heterocycles. The van der Waals surface area contributed by atoms with E-state index in [1.165, 1.54) is 11.1 Å². The van der Waals surface area contributed by atoms with Gasteiger partial charge in [0, 0.05) is 41.8 Å². The summed E-state index contributed by atoms with van der Waals surface area (Å²) >= 11 is 12.1. The number of hydrogen-bond donors (Lipinski definition) is 2. The van der Waals surface area contributed by atoms with E-state index in [1.54, 1.807) is 7.11 Å². The number of carbonyl (C=O) groups is 1. The lowest BCUT2D eigenvalue weighted by atomic mass is 9.82. The van der Waals surface area contributed by atoms with E-state index in [0.29, 0.717) is 30.5 Å². The highest BCUT2D eigenvalue weighted by molar-refractivity contribution is 6.31. The van der Waals surface area contributed by atoms with Gasteiger partial charge < -0.3 is 20.3 Å². The zero-order valence-corrected chi connectivity index (χ0v) is 17.7. The van der Waals surface area contributed by atoms with Crippen molar-refractivity contribution in [1.29, 1.82) is 0 Å². The number of halogens is 2. The van der Waals surface area contributed by atoms with Gasteiger partial charge in [-0.1, -0.05) is 23.7 Å². The largest absolute Gasteiger partial charge is 0.497 e. The summed E-state index contributed by atoms with van der Waals surface area (Å²) in [5, 5.41) is 7.12. The summed E-state index contributed by atoms with van der Waals surface area (Å²) in [6, 6.07) is 13.6. The Bertz CT molecular complexity index is 944. The number of amides is 2. The van der Waals surface area contributed by atoms with Crippen molar-refractivity contribution in [3.63, 3.8) is 0 Å². The number of nitrogens with one attached hydrogen (secondary N) is 2. The van der Waals surface area contributed by atoms with Gasteiger partial charge in [0.2, 0.25) is 0 Å². The third-order valence-corrected chi connectivity index (χ3v) is 5.90. The Balaban J connectivity index is 1.78. The lowest BCUT2D eigenvalue weighted by Gasteiger charge is -2.41. The molecule has 2 amide bonds. The lowest BCUT2D eigenvalue weighted by Crippen LogP contribution is -2.47. The Labute approximate surface area is 180 Å². The Morgan fingerprint density at radius 1 is 1.28 bits per heavy atom. The van der Waals surface area contributed by atoms with E-state index in [0.717, 1.165) is 29.0 Å². The van der Waals surface area contributed by atoms with Crippen molar-refractivity contribution in [2.24, 2.45) is 0 Å². The van der Waals surface area contributed by atoms with Crippen LogP contribution in [0.1, 0.15) is 23.6 Å². The highest BCUT2D eigenvalue weighted by Gasteiger charge is 2.36. The van der Waals surface area contributed by atoms with Gasteiger partial charge in [0.05, 0.1) is 13.2 Å². The molecule has 1 unspecified atom stereocenters. The monoisotopic (exact) mass is 431 g/mol. The Hall–Kier alpha value is -2.37. The van der Waals surface area contributed by atoms with Gasteiger partial charge in [0.15, 0.2) is 0 Å². The molecule has 0 aliphatic carbocycles. The summed E-state index contributed by atoms with van der Waals surface area (Å²) in [5.41, 5.74) is 5.71. The summed E-state index contributed by atoms with van der Waals surface area (Å²) in [6.45, 7) is 1.74. The number of urea groups is 1. The first-order chi connectivity index (χ1) is 14.1. The van der Waals surface area contributed by atoms with E-state index in [9.17, 15) is 4.79 Å². The maximum atomic E-state index is 12.9. The number of carbonyl (C=O) groups excluding carboxylic acids is 1. The molecule has 2 N–H and O–H groups in total. The summed E-state index contributed by atoms with van der Waals surface area (Å²) in [6.07, 6.45) is 0.783. The molecule has 29 heavy (non-hydrogen) atoms. The summed E-state index contributed by atoms with van der Waals surface area (Å²) in [5.74, 6) is 1.17. The van der Waals surface area contributed by atoms with E-state index in [2.05, 4.69) is 10.6 Å². The van der Waals surface area contributed by atoms with E-state index in [-0.39, 0.29) is 12.1 Å². The third kappa shape index (κ3) is 3.89. The van der Waals surface area contributed by atoms with Gasteiger partial charge in [0.1, 0.15) is 5.75 Å². The molecule has 2 aliphatic rings. The van der Waals surface area contributed by atoms with E-state index in [1.807, 2.05) is 47.4 Å². The number of rotatable bonds is 4. The third-order valence-electron chi connectivity index (χ3n) is 5.47. The number of hydrogen-bond acceptors (Lipinski definition) is 3. The Morgan fingerprint density at radius 3 is 2.79 bits per heavy atom. The number of alkyl halides is 1. The minimum Gasteiger partial charge on any atom is -0.497 e. The van der Waals surface area contributed by atoms with Gasteiger partial charge in [-0.25, -0.2) is 4.79 Å². The molecule has 1 atom stereocenters. The standard InChI is InChI=1S/C22H23Cl2N3O2/c1-29-16-5-2-14(3-6-16)21-19-13-26-20-7-4-15(24)12-18(20)17(19)8-11-27(21)22(28)25-10-9-23/h2-7,12,21,26H,8-11,13H2,1H3,(H,25,28). The molecule has 152 valence electrons. The van der Waals surface area contributed by atoms with E-state index in [4.69, 9.17) is 27.9 Å². The van der Waals surface area contributed by atoms with Crippen LogP contribution < -0.4 is 15.4 Å². The van der Waals surface area contributed by atoms with Crippen molar-refractivity contribution in [2.45, 2.75) is 12.5 Å². The predicted molar refractivity (Wildman–Crippen MR) is 118 cm³/mol. The Kier molecular flexibility index (Phi) is 5.88. The molecule has 2 aromatic carbocycles. The SMILES string of the molecule is COc1ccc(C2C3=C(CCN2C(=O)NCCCl)c2cc(Cl)ccc2NC3)cc1. The Morgan fingerprint density at radius 2 is 2.07 bits per heavy atom. The van der Waals surface area contributed by atoms with Crippen molar-refractivity contribution in [3.8, 4) is 5.75 Å². The minimum absolute atomic E-state index is 0.102. The molecular formula is C22H23Cl2N3O2. The fourth-order valence-corrected chi connectivity index (χ4v) is 4.41. The first kappa shape index (κ1) is 19.9. The molecule has 0 aromatic heterocycles. The van der Waals surface area contributed by atoms with Crippen LogP contribution in [-0.4, -0.2) is 43.6 Å². The van der Waals surface area contributed by atoms with Crippen LogP contribution in [0.4, 0.5) is 10.5 Å². The molecule has 4 rings (SSSR count). The summed E-state index contributed by atoms with van der Waals surface area (Å²) in [7, 11) is 1.65. The van der Waals surface area contributed by atoms with Crippen molar-refractivity contribution in [3.05, 3.63) is 64.2 Å². The van der Waals surface area contributed by atoms with Crippen molar-refractivity contribution in [2.75, 3.05) is 37.9 Å². The lowest BCUT2D eigenvalue weighted by molar-refractivity contribution is 0.182. The van der Waals surface area contributed by atoms with Crippen molar-refractivity contribution >= 4 is 40.5 Å². The zero-order chi connectivity index (χ0) is 20.4. The molecule has 0 spiro atoms. The van der Waals surface area contributed by atoms with Crippen LogP contribution in [0.5, 0.6) is 5.75 Å².